The van der Waals surface area contributed by atoms with Gasteiger partial charge in [-0.1, -0.05) is 34.6 Å². The number of rotatable bonds is 7. The largest absolute Gasteiger partial charge is 0.392 e. The molecule has 6 nitrogen and oxygen atoms in total. The summed E-state index contributed by atoms with van der Waals surface area (Å²) in [5.41, 5.74) is 0. The summed E-state index contributed by atoms with van der Waals surface area (Å²) in [7, 11) is 0. The molecule has 21 heavy (non-hydrogen) atoms. The van der Waals surface area contributed by atoms with Crippen molar-refractivity contribution in [1.29, 1.82) is 0 Å². The zero-order valence-corrected chi connectivity index (χ0v) is 11.9. The van der Waals surface area contributed by atoms with Crippen LogP contribution in [0.3, 0.4) is 0 Å². The van der Waals surface area contributed by atoms with Crippen LogP contribution in [-0.4, -0.2) is 25.1 Å². The molecule has 0 fully saturated rings. The third-order valence-corrected chi connectivity index (χ3v) is 2.75. The first-order valence-corrected chi connectivity index (χ1v) is 6.88. The lowest BCUT2D eigenvalue weighted by atomic mass is 10.1. The molecule has 2 rings (SSSR count). The third-order valence-electron chi connectivity index (χ3n) is 2.75. The van der Waals surface area contributed by atoms with Crippen LogP contribution < -0.4 is 10.6 Å². The maximum atomic E-state index is 5.28. The van der Waals surface area contributed by atoms with Crippen LogP contribution in [0.4, 0.5) is 0 Å². The molecule has 0 radical (unpaired) electrons. The second-order valence-corrected chi connectivity index (χ2v) is 4.65. The van der Waals surface area contributed by atoms with E-state index in [4.69, 9.17) is 9.68 Å². The summed E-state index contributed by atoms with van der Waals surface area (Å²) in [5.74, 6) is 0.329. The van der Waals surface area contributed by atoms with Crippen LogP contribution in [0.2, 0.25) is 0 Å². The number of allylic oxidation sites excluding steroid dienone is 4. The van der Waals surface area contributed by atoms with Crippen LogP contribution in [0.25, 0.3) is 0 Å². The maximum absolute atomic E-state index is 5.28. The predicted molar refractivity (Wildman–Crippen MR) is 83.3 cm³/mol. The Kier molecular flexibility index (Phi) is 6.12. The summed E-state index contributed by atoms with van der Waals surface area (Å²) in [6.07, 6.45) is 18.7. The molecule has 2 N–H and O–H groups in total. The molecule has 2 aliphatic rings. The quantitative estimate of drug-likeness (QED) is 0.554. The van der Waals surface area contributed by atoms with Crippen LogP contribution in [0.5, 0.6) is 0 Å². The van der Waals surface area contributed by atoms with Crippen LogP contribution >= 0.6 is 0 Å². The zero-order chi connectivity index (χ0) is 14.8. The molecular formula is C15H20N4O2. The van der Waals surface area contributed by atoms with Crippen molar-refractivity contribution in [2.75, 3.05) is 6.61 Å². The van der Waals surface area contributed by atoms with Gasteiger partial charge in [0.25, 0.3) is 0 Å². The molecular weight excluding hydrogens is 268 g/mol. The SMILES string of the molecule is CC(CON=CC1C=CNC=C1)ON=CC1C=CNC=C1. The molecule has 0 saturated heterocycles. The first-order valence-electron chi connectivity index (χ1n) is 6.88. The maximum Gasteiger partial charge on any atom is 0.161 e. The predicted octanol–water partition coefficient (Wildman–Crippen LogP) is 1.87. The molecule has 0 aromatic carbocycles. The minimum absolute atomic E-state index is 0.160. The van der Waals surface area contributed by atoms with Gasteiger partial charge in [0.2, 0.25) is 0 Å². The van der Waals surface area contributed by atoms with Crippen LogP contribution in [0, 0.1) is 11.8 Å². The summed E-state index contributed by atoms with van der Waals surface area (Å²) >= 11 is 0. The molecule has 0 saturated carbocycles. The third kappa shape index (κ3) is 5.99. The van der Waals surface area contributed by atoms with Gasteiger partial charge in [0.1, 0.15) is 0 Å². The van der Waals surface area contributed by atoms with E-state index in [1.165, 1.54) is 0 Å². The summed E-state index contributed by atoms with van der Waals surface area (Å²) < 4.78 is 0. The Hall–Kier alpha value is -2.50. The molecule has 0 aromatic rings. The summed E-state index contributed by atoms with van der Waals surface area (Å²) in [4.78, 5) is 10.5. The van der Waals surface area contributed by atoms with Crippen molar-refractivity contribution in [2.45, 2.75) is 13.0 Å². The standard InChI is InChI=1S/C15H20N4O2/c1-13(21-19-11-15-4-8-17-9-5-15)12-20-18-10-14-2-6-16-7-3-14/h2-11,13-17H,12H2,1H3. The molecule has 0 amide bonds. The van der Waals surface area contributed by atoms with Gasteiger partial charge in [-0.15, -0.1) is 0 Å². The van der Waals surface area contributed by atoms with E-state index in [1.807, 2.05) is 56.0 Å². The monoisotopic (exact) mass is 288 g/mol. The fourth-order valence-corrected chi connectivity index (χ4v) is 1.61. The highest BCUT2D eigenvalue weighted by Crippen LogP contribution is 2.03. The number of oxime groups is 2. The van der Waals surface area contributed by atoms with E-state index >= 15 is 0 Å². The van der Waals surface area contributed by atoms with Gasteiger partial charge in [-0.05, 0) is 31.7 Å². The van der Waals surface area contributed by atoms with E-state index < -0.39 is 0 Å². The Labute approximate surface area is 124 Å². The summed E-state index contributed by atoms with van der Waals surface area (Å²) in [6.45, 7) is 2.23. The Morgan fingerprint density at radius 3 is 2.05 bits per heavy atom. The minimum Gasteiger partial charge on any atom is -0.392 e. The summed E-state index contributed by atoms with van der Waals surface area (Å²) in [5, 5.41) is 13.8. The van der Waals surface area contributed by atoms with Gasteiger partial charge in [0, 0.05) is 11.8 Å². The number of hydrogen-bond acceptors (Lipinski definition) is 6. The Morgan fingerprint density at radius 2 is 1.48 bits per heavy atom. The first kappa shape index (κ1) is 14.9. The molecule has 2 aliphatic heterocycles. The van der Waals surface area contributed by atoms with Crippen molar-refractivity contribution >= 4 is 12.4 Å². The van der Waals surface area contributed by atoms with Crippen LogP contribution in [-0.2, 0) is 9.68 Å². The van der Waals surface area contributed by atoms with Gasteiger partial charge < -0.3 is 20.3 Å². The number of nitrogens with one attached hydrogen (secondary N) is 2. The molecule has 0 bridgehead atoms. The van der Waals surface area contributed by atoms with Crippen molar-refractivity contribution in [2.24, 2.45) is 22.1 Å². The average Bonchev–Trinajstić information content (AvgIpc) is 2.54. The van der Waals surface area contributed by atoms with Gasteiger partial charge in [0.05, 0.1) is 12.4 Å². The van der Waals surface area contributed by atoms with E-state index in [0.29, 0.717) is 6.61 Å². The van der Waals surface area contributed by atoms with E-state index in [-0.39, 0.29) is 17.9 Å². The van der Waals surface area contributed by atoms with Gasteiger partial charge in [0.15, 0.2) is 12.7 Å². The molecule has 0 spiro atoms. The second-order valence-electron chi connectivity index (χ2n) is 4.65. The normalized spacial score (nSPS) is 19.9. The van der Waals surface area contributed by atoms with Crippen LogP contribution in [0.15, 0.2) is 59.4 Å². The van der Waals surface area contributed by atoms with Gasteiger partial charge in [-0.2, -0.15) is 0 Å². The smallest absolute Gasteiger partial charge is 0.161 e. The highest BCUT2D eigenvalue weighted by atomic mass is 16.7. The zero-order valence-electron chi connectivity index (χ0n) is 11.9. The molecule has 0 aliphatic carbocycles. The van der Waals surface area contributed by atoms with E-state index in [1.54, 1.807) is 12.4 Å². The van der Waals surface area contributed by atoms with E-state index in [9.17, 15) is 0 Å². The number of nitrogens with zero attached hydrogens (tertiary/aromatic N) is 2. The highest BCUT2D eigenvalue weighted by molar-refractivity contribution is 5.66. The lowest BCUT2D eigenvalue weighted by Crippen LogP contribution is -2.13. The molecule has 2 heterocycles. The molecule has 6 heteroatoms. The fraction of sp³-hybridized carbons (Fsp3) is 0.333. The van der Waals surface area contributed by atoms with Gasteiger partial charge >= 0.3 is 0 Å². The van der Waals surface area contributed by atoms with Crippen molar-refractivity contribution in [3.63, 3.8) is 0 Å². The average molecular weight is 288 g/mol. The lowest BCUT2D eigenvalue weighted by Gasteiger charge is -2.09. The van der Waals surface area contributed by atoms with E-state index in [0.717, 1.165) is 0 Å². The van der Waals surface area contributed by atoms with Crippen molar-refractivity contribution in [1.82, 2.24) is 10.6 Å². The number of hydrogen-bond donors (Lipinski definition) is 2. The van der Waals surface area contributed by atoms with Crippen LogP contribution in [0.1, 0.15) is 6.92 Å². The van der Waals surface area contributed by atoms with Crippen molar-refractivity contribution < 1.29 is 9.68 Å². The molecule has 112 valence electrons. The van der Waals surface area contributed by atoms with E-state index in [2.05, 4.69) is 20.9 Å². The Balaban J connectivity index is 1.59. The van der Waals surface area contributed by atoms with Gasteiger partial charge in [-0.3, -0.25) is 0 Å². The number of dihydropyridines is 2. The molecule has 1 atom stereocenters. The van der Waals surface area contributed by atoms with Gasteiger partial charge in [-0.25, -0.2) is 0 Å². The highest BCUT2D eigenvalue weighted by Gasteiger charge is 2.04. The lowest BCUT2D eigenvalue weighted by molar-refractivity contribution is -0.00200. The topological polar surface area (TPSA) is 67.2 Å². The van der Waals surface area contributed by atoms with Crippen molar-refractivity contribution in [3.8, 4) is 0 Å². The molecule has 1 unspecified atom stereocenters. The second kappa shape index (κ2) is 8.63. The molecule has 0 aromatic heterocycles. The fourth-order valence-electron chi connectivity index (χ4n) is 1.61. The van der Waals surface area contributed by atoms with Crippen molar-refractivity contribution in [3.05, 3.63) is 49.1 Å². The Morgan fingerprint density at radius 1 is 0.952 bits per heavy atom. The Bertz CT molecular complexity index is 456. The minimum atomic E-state index is -0.160. The summed E-state index contributed by atoms with van der Waals surface area (Å²) in [6, 6.07) is 0. The first-order chi connectivity index (χ1) is 10.3.